The Labute approximate surface area is 141 Å². The first kappa shape index (κ1) is 15.8. The standard InChI is InChI=1S/C17H16N2O2S2/c1-2-21-14-8-10-15(11-9-14)23(20)12-16-18-19-17(22-16)13-6-4-3-5-7-13/h3-11H,2,12H2,1H3/t23-/m0/s1. The second-order valence-corrected chi connectivity index (χ2v) is 7.27. The number of hydrogen-bond acceptors (Lipinski definition) is 5. The van der Waals surface area contributed by atoms with Crippen LogP contribution in [0.3, 0.4) is 0 Å². The number of aromatic nitrogens is 2. The zero-order valence-corrected chi connectivity index (χ0v) is 14.3. The molecule has 3 aromatic rings. The van der Waals surface area contributed by atoms with Crippen LogP contribution in [0.1, 0.15) is 11.9 Å². The SMILES string of the molecule is CCOc1ccc([S@@](=O)Cc2nnc(-c3ccccc3)s2)cc1. The number of hydrogen-bond donors (Lipinski definition) is 0. The molecule has 0 bridgehead atoms. The maximum absolute atomic E-state index is 12.4. The van der Waals surface area contributed by atoms with Crippen molar-refractivity contribution in [3.8, 4) is 16.3 Å². The third kappa shape index (κ3) is 4.03. The molecule has 1 atom stereocenters. The van der Waals surface area contributed by atoms with Crippen LogP contribution in [0.2, 0.25) is 0 Å². The van der Waals surface area contributed by atoms with Crippen molar-refractivity contribution in [3.63, 3.8) is 0 Å². The molecule has 6 heteroatoms. The molecule has 0 saturated heterocycles. The van der Waals surface area contributed by atoms with E-state index in [1.165, 1.54) is 11.3 Å². The minimum Gasteiger partial charge on any atom is -0.494 e. The van der Waals surface area contributed by atoms with Gasteiger partial charge in [-0.3, -0.25) is 4.21 Å². The van der Waals surface area contributed by atoms with Gasteiger partial charge < -0.3 is 4.74 Å². The number of rotatable bonds is 6. The van der Waals surface area contributed by atoms with Gasteiger partial charge in [0.15, 0.2) is 0 Å². The zero-order valence-electron chi connectivity index (χ0n) is 12.6. The summed E-state index contributed by atoms with van der Waals surface area (Å²) in [5, 5.41) is 9.97. The van der Waals surface area contributed by atoms with Gasteiger partial charge in [-0.15, -0.1) is 10.2 Å². The third-order valence-electron chi connectivity index (χ3n) is 3.14. The molecule has 4 nitrogen and oxygen atoms in total. The van der Waals surface area contributed by atoms with E-state index in [0.29, 0.717) is 12.4 Å². The van der Waals surface area contributed by atoms with Crippen molar-refractivity contribution in [2.24, 2.45) is 0 Å². The fourth-order valence-electron chi connectivity index (χ4n) is 2.06. The Balaban J connectivity index is 1.69. The Morgan fingerprint density at radius 1 is 1.04 bits per heavy atom. The molecule has 0 aliphatic heterocycles. The summed E-state index contributed by atoms with van der Waals surface area (Å²) in [7, 11) is -1.14. The molecule has 23 heavy (non-hydrogen) atoms. The van der Waals surface area contributed by atoms with Gasteiger partial charge in [0.05, 0.1) is 23.2 Å². The van der Waals surface area contributed by atoms with E-state index < -0.39 is 10.8 Å². The van der Waals surface area contributed by atoms with E-state index in [-0.39, 0.29) is 0 Å². The maximum Gasteiger partial charge on any atom is 0.147 e. The van der Waals surface area contributed by atoms with Crippen LogP contribution in [0.15, 0.2) is 59.5 Å². The van der Waals surface area contributed by atoms with Crippen molar-refractivity contribution in [2.45, 2.75) is 17.6 Å². The van der Waals surface area contributed by atoms with Crippen molar-refractivity contribution in [1.82, 2.24) is 10.2 Å². The molecule has 0 radical (unpaired) electrons. The zero-order chi connectivity index (χ0) is 16.1. The van der Waals surface area contributed by atoms with Gasteiger partial charge in [0.2, 0.25) is 0 Å². The van der Waals surface area contributed by atoms with Crippen molar-refractivity contribution in [1.29, 1.82) is 0 Å². The topological polar surface area (TPSA) is 52.1 Å². The molecule has 0 fully saturated rings. The van der Waals surface area contributed by atoms with Gasteiger partial charge in [-0.2, -0.15) is 0 Å². The maximum atomic E-state index is 12.4. The average molecular weight is 344 g/mol. The third-order valence-corrected chi connectivity index (χ3v) is 5.63. The van der Waals surface area contributed by atoms with Crippen molar-refractivity contribution in [2.75, 3.05) is 6.61 Å². The lowest BCUT2D eigenvalue weighted by molar-refractivity contribution is 0.340. The molecule has 0 unspecified atom stereocenters. The average Bonchev–Trinajstić information content (AvgIpc) is 3.05. The summed E-state index contributed by atoms with van der Waals surface area (Å²) in [6.07, 6.45) is 0. The summed E-state index contributed by atoms with van der Waals surface area (Å²) < 4.78 is 17.8. The smallest absolute Gasteiger partial charge is 0.147 e. The highest BCUT2D eigenvalue weighted by Crippen LogP contribution is 2.25. The lowest BCUT2D eigenvalue weighted by atomic mass is 10.2. The molecule has 0 amide bonds. The Kier molecular flexibility index (Phi) is 5.15. The monoisotopic (exact) mass is 344 g/mol. The van der Waals surface area contributed by atoms with Crippen LogP contribution >= 0.6 is 11.3 Å². The minimum absolute atomic E-state index is 0.373. The molecular weight excluding hydrogens is 328 g/mol. The predicted molar refractivity (Wildman–Crippen MR) is 93.1 cm³/mol. The first-order chi connectivity index (χ1) is 11.3. The van der Waals surface area contributed by atoms with Crippen LogP contribution in [0.4, 0.5) is 0 Å². The highest BCUT2D eigenvalue weighted by atomic mass is 32.2. The molecule has 118 valence electrons. The molecule has 0 aliphatic rings. The summed E-state index contributed by atoms with van der Waals surface area (Å²) in [5.41, 5.74) is 1.03. The summed E-state index contributed by atoms with van der Waals surface area (Å²) in [5.74, 6) is 1.16. The van der Waals surface area contributed by atoms with E-state index in [4.69, 9.17) is 4.74 Å². The number of ether oxygens (including phenoxy) is 1. The van der Waals surface area contributed by atoms with Crippen LogP contribution in [0.5, 0.6) is 5.75 Å². The second-order valence-electron chi connectivity index (χ2n) is 4.76. The quantitative estimate of drug-likeness (QED) is 0.680. The summed E-state index contributed by atoms with van der Waals surface area (Å²) >= 11 is 1.48. The Morgan fingerprint density at radius 2 is 1.78 bits per heavy atom. The fourth-order valence-corrected chi connectivity index (χ4v) is 4.14. The molecule has 0 spiro atoms. The van der Waals surface area contributed by atoms with Gasteiger partial charge in [-0.05, 0) is 31.2 Å². The van der Waals surface area contributed by atoms with Crippen LogP contribution in [-0.4, -0.2) is 21.0 Å². The minimum atomic E-state index is -1.14. The molecule has 3 rings (SSSR count). The van der Waals surface area contributed by atoms with Gasteiger partial charge >= 0.3 is 0 Å². The molecule has 0 saturated carbocycles. The normalized spacial score (nSPS) is 12.0. The van der Waals surface area contributed by atoms with E-state index in [0.717, 1.165) is 26.2 Å². The lowest BCUT2D eigenvalue weighted by Crippen LogP contribution is -1.97. The molecular formula is C17H16N2O2S2. The number of nitrogens with zero attached hydrogens (tertiary/aromatic N) is 2. The lowest BCUT2D eigenvalue weighted by Gasteiger charge is -2.04. The number of benzene rings is 2. The molecule has 0 N–H and O–H groups in total. The van der Waals surface area contributed by atoms with E-state index >= 15 is 0 Å². The first-order valence-electron chi connectivity index (χ1n) is 7.25. The van der Waals surface area contributed by atoms with Gasteiger partial charge in [0.25, 0.3) is 0 Å². The van der Waals surface area contributed by atoms with Crippen LogP contribution < -0.4 is 4.74 Å². The highest BCUT2D eigenvalue weighted by Gasteiger charge is 2.11. The largest absolute Gasteiger partial charge is 0.494 e. The molecule has 2 aromatic carbocycles. The van der Waals surface area contributed by atoms with Crippen molar-refractivity contribution >= 4 is 22.1 Å². The van der Waals surface area contributed by atoms with Crippen LogP contribution in [0.25, 0.3) is 10.6 Å². The van der Waals surface area contributed by atoms with Crippen LogP contribution in [-0.2, 0) is 16.6 Å². The fraction of sp³-hybridized carbons (Fsp3) is 0.176. The van der Waals surface area contributed by atoms with Crippen LogP contribution in [0, 0.1) is 0 Å². The van der Waals surface area contributed by atoms with Gasteiger partial charge in [-0.25, -0.2) is 0 Å². The summed E-state index contributed by atoms with van der Waals surface area (Å²) in [6, 6.07) is 17.2. The molecule has 1 aromatic heterocycles. The predicted octanol–water partition coefficient (Wildman–Crippen LogP) is 3.91. The Hall–Kier alpha value is -2.05. The summed E-state index contributed by atoms with van der Waals surface area (Å²) in [4.78, 5) is 0.768. The second kappa shape index (κ2) is 7.48. The molecule has 0 aliphatic carbocycles. The summed E-state index contributed by atoms with van der Waals surface area (Å²) in [6.45, 7) is 2.56. The molecule has 1 heterocycles. The van der Waals surface area contributed by atoms with Gasteiger partial charge in [-0.1, -0.05) is 41.7 Å². The Bertz CT molecular complexity index is 786. The van der Waals surface area contributed by atoms with E-state index in [1.54, 1.807) is 0 Å². The van der Waals surface area contributed by atoms with Crippen molar-refractivity contribution in [3.05, 3.63) is 59.6 Å². The Morgan fingerprint density at radius 3 is 2.48 bits per heavy atom. The van der Waals surface area contributed by atoms with E-state index in [2.05, 4.69) is 10.2 Å². The van der Waals surface area contributed by atoms with Crippen molar-refractivity contribution < 1.29 is 8.95 Å². The van der Waals surface area contributed by atoms with Gasteiger partial charge in [0.1, 0.15) is 15.8 Å². The van der Waals surface area contributed by atoms with E-state index in [1.807, 2.05) is 61.5 Å². The highest BCUT2D eigenvalue weighted by molar-refractivity contribution is 7.84. The van der Waals surface area contributed by atoms with Gasteiger partial charge in [0, 0.05) is 10.5 Å². The van der Waals surface area contributed by atoms with E-state index in [9.17, 15) is 4.21 Å². The first-order valence-corrected chi connectivity index (χ1v) is 9.39.